The van der Waals surface area contributed by atoms with E-state index in [4.69, 9.17) is 10.7 Å². The van der Waals surface area contributed by atoms with Crippen LogP contribution in [0.15, 0.2) is 18.2 Å². The molecule has 0 saturated heterocycles. The molecule has 1 fully saturated rings. The molecule has 1 aliphatic rings. The van der Waals surface area contributed by atoms with E-state index < -0.39 is 0 Å². The minimum atomic E-state index is 0.640. The molecule has 4 heteroatoms. The summed E-state index contributed by atoms with van der Waals surface area (Å²) in [7, 11) is 0. The summed E-state index contributed by atoms with van der Waals surface area (Å²) in [4.78, 5) is 10.8. The lowest BCUT2D eigenvalue weighted by Crippen LogP contribution is -2.35. The number of aromatic amines is 1. The predicted octanol–water partition coefficient (Wildman–Crippen LogP) is 3.94. The van der Waals surface area contributed by atoms with Gasteiger partial charge in [-0.25, -0.2) is 4.98 Å². The normalized spacial score (nSPS) is 16.1. The summed E-state index contributed by atoms with van der Waals surface area (Å²) in [6.07, 6.45) is 6.47. The molecule has 3 rings (SSSR count). The first-order valence-corrected chi connectivity index (χ1v) is 8.15. The molecule has 0 aliphatic heterocycles. The fraction of sp³-hybridized carbons (Fsp3) is 0.588. The largest absolute Gasteiger partial charge is 0.399 e. The standard InChI is InChI=1S/C17H26N4/c1-12(2)9-10-21(14-5-3-4-6-14)17-19-15-8-7-13(18)11-16(15)20-17/h7-8,11-12,14H,3-6,9-10,18H2,1-2H3,(H,19,20). The average molecular weight is 286 g/mol. The molecule has 0 spiro atoms. The first-order chi connectivity index (χ1) is 10.1. The van der Waals surface area contributed by atoms with Crippen LogP contribution in [0, 0.1) is 5.92 Å². The Morgan fingerprint density at radius 3 is 2.81 bits per heavy atom. The number of nitrogen functional groups attached to an aromatic ring is 1. The average Bonchev–Trinajstić information content (AvgIpc) is 3.07. The van der Waals surface area contributed by atoms with Crippen molar-refractivity contribution in [2.45, 2.75) is 52.0 Å². The molecular weight excluding hydrogens is 260 g/mol. The molecule has 0 unspecified atom stereocenters. The number of nitrogens with one attached hydrogen (secondary N) is 1. The van der Waals surface area contributed by atoms with Crippen LogP contribution in [-0.2, 0) is 0 Å². The third-order valence-electron chi connectivity index (χ3n) is 4.48. The van der Waals surface area contributed by atoms with Gasteiger partial charge in [-0.2, -0.15) is 0 Å². The van der Waals surface area contributed by atoms with E-state index in [-0.39, 0.29) is 0 Å². The fourth-order valence-corrected chi connectivity index (χ4v) is 3.22. The maximum absolute atomic E-state index is 5.87. The van der Waals surface area contributed by atoms with Gasteiger partial charge in [-0.1, -0.05) is 26.7 Å². The highest BCUT2D eigenvalue weighted by molar-refractivity contribution is 5.80. The number of benzene rings is 1. The van der Waals surface area contributed by atoms with Crippen molar-refractivity contribution in [2.24, 2.45) is 5.92 Å². The van der Waals surface area contributed by atoms with E-state index in [1.165, 1.54) is 32.1 Å². The zero-order valence-corrected chi connectivity index (χ0v) is 13.1. The Morgan fingerprint density at radius 1 is 1.33 bits per heavy atom. The lowest BCUT2D eigenvalue weighted by molar-refractivity contribution is 0.522. The molecule has 0 bridgehead atoms. The van der Waals surface area contributed by atoms with E-state index >= 15 is 0 Å². The Labute approximate surface area is 126 Å². The Morgan fingerprint density at radius 2 is 2.10 bits per heavy atom. The molecule has 1 aliphatic carbocycles. The number of aromatic nitrogens is 2. The second-order valence-electron chi connectivity index (χ2n) is 6.65. The first kappa shape index (κ1) is 14.2. The first-order valence-electron chi connectivity index (χ1n) is 8.15. The van der Waals surface area contributed by atoms with Crippen LogP contribution in [0.3, 0.4) is 0 Å². The van der Waals surface area contributed by atoms with Gasteiger partial charge in [0.05, 0.1) is 11.0 Å². The van der Waals surface area contributed by atoms with Crippen molar-refractivity contribution < 1.29 is 0 Å². The van der Waals surface area contributed by atoms with E-state index in [9.17, 15) is 0 Å². The summed E-state index contributed by atoms with van der Waals surface area (Å²) in [5.74, 6) is 1.73. The van der Waals surface area contributed by atoms with Crippen molar-refractivity contribution in [3.8, 4) is 0 Å². The van der Waals surface area contributed by atoms with E-state index in [1.807, 2.05) is 18.2 Å². The maximum atomic E-state index is 5.87. The monoisotopic (exact) mass is 286 g/mol. The second-order valence-corrected chi connectivity index (χ2v) is 6.65. The number of nitrogens with zero attached hydrogens (tertiary/aromatic N) is 2. The van der Waals surface area contributed by atoms with E-state index in [1.54, 1.807) is 0 Å². The molecule has 0 radical (unpaired) electrons. The van der Waals surface area contributed by atoms with E-state index in [0.29, 0.717) is 12.0 Å². The third kappa shape index (κ3) is 3.14. The van der Waals surface area contributed by atoms with Crippen molar-refractivity contribution >= 4 is 22.7 Å². The van der Waals surface area contributed by atoms with E-state index in [2.05, 4.69) is 23.7 Å². The molecule has 1 saturated carbocycles. The number of H-pyrrole nitrogens is 1. The zero-order chi connectivity index (χ0) is 14.8. The number of hydrogen-bond acceptors (Lipinski definition) is 3. The van der Waals surface area contributed by atoms with Gasteiger partial charge in [0.15, 0.2) is 0 Å². The highest BCUT2D eigenvalue weighted by Crippen LogP contribution is 2.29. The van der Waals surface area contributed by atoms with Crippen molar-refractivity contribution in [3.63, 3.8) is 0 Å². The quantitative estimate of drug-likeness (QED) is 0.818. The fourth-order valence-electron chi connectivity index (χ4n) is 3.22. The SMILES string of the molecule is CC(C)CCN(c1nc2ccc(N)cc2[nH]1)C1CCCC1. The van der Waals surface area contributed by atoms with Crippen LogP contribution < -0.4 is 10.6 Å². The Bertz CT molecular complexity index is 596. The number of imidazole rings is 1. The molecule has 2 aromatic rings. The number of fused-ring (bicyclic) bond motifs is 1. The smallest absolute Gasteiger partial charge is 0.204 e. The van der Waals surface area contributed by atoms with Crippen LogP contribution in [0.2, 0.25) is 0 Å². The van der Waals surface area contributed by atoms with Crippen molar-refractivity contribution in [3.05, 3.63) is 18.2 Å². The van der Waals surface area contributed by atoms with Gasteiger partial charge in [0.25, 0.3) is 0 Å². The van der Waals surface area contributed by atoms with Crippen LogP contribution in [0.5, 0.6) is 0 Å². The van der Waals surface area contributed by atoms with Crippen molar-refractivity contribution in [1.82, 2.24) is 9.97 Å². The molecule has 0 amide bonds. The molecule has 1 heterocycles. The van der Waals surface area contributed by atoms with Gasteiger partial charge < -0.3 is 15.6 Å². The maximum Gasteiger partial charge on any atom is 0.204 e. The van der Waals surface area contributed by atoms with Gasteiger partial charge >= 0.3 is 0 Å². The van der Waals surface area contributed by atoms with Crippen LogP contribution in [0.4, 0.5) is 11.6 Å². The lowest BCUT2D eigenvalue weighted by atomic mass is 10.1. The number of nitrogens with two attached hydrogens (primary N) is 1. The molecule has 3 N–H and O–H groups in total. The van der Waals surface area contributed by atoms with Crippen LogP contribution in [0.25, 0.3) is 11.0 Å². The summed E-state index contributed by atoms with van der Waals surface area (Å²) in [5, 5.41) is 0. The van der Waals surface area contributed by atoms with Gasteiger partial charge in [-0.3, -0.25) is 0 Å². The number of hydrogen-bond donors (Lipinski definition) is 2. The topological polar surface area (TPSA) is 57.9 Å². The van der Waals surface area contributed by atoms with Gasteiger partial charge in [-0.05, 0) is 43.4 Å². The van der Waals surface area contributed by atoms with Gasteiger partial charge in [-0.15, -0.1) is 0 Å². The minimum absolute atomic E-state index is 0.640. The zero-order valence-electron chi connectivity index (χ0n) is 13.1. The molecule has 1 aromatic heterocycles. The summed E-state index contributed by atoms with van der Waals surface area (Å²) >= 11 is 0. The highest BCUT2D eigenvalue weighted by atomic mass is 15.3. The molecule has 0 atom stereocenters. The Kier molecular flexibility index (Phi) is 4.04. The Hall–Kier alpha value is -1.71. The highest BCUT2D eigenvalue weighted by Gasteiger charge is 2.25. The minimum Gasteiger partial charge on any atom is -0.399 e. The van der Waals surface area contributed by atoms with Crippen molar-refractivity contribution in [1.29, 1.82) is 0 Å². The molecule has 114 valence electrons. The Balaban J connectivity index is 1.88. The summed E-state index contributed by atoms with van der Waals surface area (Å²) in [6.45, 7) is 5.65. The predicted molar refractivity (Wildman–Crippen MR) is 89.6 cm³/mol. The van der Waals surface area contributed by atoms with Crippen molar-refractivity contribution in [2.75, 3.05) is 17.2 Å². The molecular formula is C17H26N4. The van der Waals surface area contributed by atoms with Crippen LogP contribution in [0.1, 0.15) is 46.0 Å². The molecule has 21 heavy (non-hydrogen) atoms. The molecule has 1 aromatic carbocycles. The third-order valence-corrected chi connectivity index (χ3v) is 4.48. The lowest BCUT2D eigenvalue weighted by Gasteiger charge is -2.29. The van der Waals surface area contributed by atoms with Gasteiger partial charge in [0.2, 0.25) is 5.95 Å². The molecule has 4 nitrogen and oxygen atoms in total. The van der Waals surface area contributed by atoms with E-state index in [0.717, 1.165) is 29.2 Å². The number of anilines is 2. The van der Waals surface area contributed by atoms with Crippen LogP contribution >= 0.6 is 0 Å². The second kappa shape index (κ2) is 5.96. The summed E-state index contributed by atoms with van der Waals surface area (Å²) < 4.78 is 0. The van der Waals surface area contributed by atoms with Crippen LogP contribution in [-0.4, -0.2) is 22.6 Å². The van der Waals surface area contributed by atoms with Gasteiger partial charge in [0.1, 0.15) is 0 Å². The number of rotatable bonds is 5. The summed E-state index contributed by atoms with van der Waals surface area (Å²) in [5.41, 5.74) is 8.70. The summed E-state index contributed by atoms with van der Waals surface area (Å²) in [6, 6.07) is 6.53. The van der Waals surface area contributed by atoms with Gasteiger partial charge in [0, 0.05) is 18.3 Å².